The number of esters is 1. The Kier molecular flexibility index (Phi) is 5.68. The minimum absolute atomic E-state index is 0.201. The summed E-state index contributed by atoms with van der Waals surface area (Å²) in [6.07, 6.45) is -0.253. The van der Waals surface area contributed by atoms with Crippen LogP contribution >= 0.6 is 0 Å². The van der Waals surface area contributed by atoms with Gasteiger partial charge in [0.05, 0.1) is 18.8 Å². The smallest absolute Gasteiger partial charge is 0.344 e. The van der Waals surface area contributed by atoms with Gasteiger partial charge in [-0.25, -0.2) is 14.4 Å². The van der Waals surface area contributed by atoms with E-state index in [-0.39, 0.29) is 23.9 Å². The molecule has 2 heterocycles. The highest BCUT2D eigenvalue weighted by Gasteiger charge is 2.16. The zero-order valence-electron chi connectivity index (χ0n) is 17.7. The molecule has 0 saturated carbocycles. The molecule has 0 amide bonds. The van der Waals surface area contributed by atoms with Gasteiger partial charge in [0.15, 0.2) is 17.9 Å². The topological polar surface area (TPSA) is 105 Å². The van der Waals surface area contributed by atoms with Gasteiger partial charge < -0.3 is 23.0 Å². The fourth-order valence-electron chi connectivity index (χ4n) is 3.36. The van der Waals surface area contributed by atoms with E-state index in [9.17, 15) is 14.4 Å². The lowest BCUT2D eigenvalue weighted by Gasteiger charge is -2.10. The summed E-state index contributed by atoms with van der Waals surface area (Å²) in [6.45, 7) is 3.19. The average Bonchev–Trinajstić information content (AvgIpc) is 2.75. The van der Waals surface area contributed by atoms with Crippen LogP contribution in [0, 0.1) is 0 Å². The fraction of sp³-hybridized carbons (Fsp3) is 0.208. The van der Waals surface area contributed by atoms with E-state index < -0.39 is 17.2 Å². The number of carbonyl (C=O) groups excluding carboxylic acids is 1. The maximum Gasteiger partial charge on any atom is 0.344 e. The molecule has 8 heteroatoms. The van der Waals surface area contributed by atoms with Gasteiger partial charge in [-0.3, -0.25) is 0 Å². The molecule has 8 nitrogen and oxygen atoms in total. The molecule has 0 bridgehead atoms. The van der Waals surface area contributed by atoms with E-state index in [2.05, 4.69) is 0 Å². The Morgan fingerprint density at radius 1 is 1.00 bits per heavy atom. The first-order valence-corrected chi connectivity index (χ1v) is 9.87. The number of rotatable bonds is 6. The van der Waals surface area contributed by atoms with Crippen LogP contribution in [0.1, 0.15) is 13.8 Å². The lowest BCUT2D eigenvalue weighted by atomic mass is 10.0. The number of carbonyl (C=O) groups is 1. The van der Waals surface area contributed by atoms with Crippen molar-refractivity contribution in [3.8, 4) is 22.6 Å². The van der Waals surface area contributed by atoms with E-state index >= 15 is 0 Å². The van der Waals surface area contributed by atoms with Gasteiger partial charge in [0, 0.05) is 28.5 Å². The maximum atomic E-state index is 12.8. The average molecular weight is 436 g/mol. The Balaban J connectivity index is 1.77. The zero-order valence-corrected chi connectivity index (χ0v) is 17.7. The Labute approximate surface area is 181 Å². The summed E-state index contributed by atoms with van der Waals surface area (Å²) < 4.78 is 26.5. The van der Waals surface area contributed by atoms with E-state index in [0.29, 0.717) is 33.4 Å². The zero-order chi connectivity index (χ0) is 22.8. The van der Waals surface area contributed by atoms with Gasteiger partial charge in [-0.15, -0.1) is 0 Å². The second kappa shape index (κ2) is 8.58. The highest BCUT2D eigenvalue weighted by atomic mass is 16.6. The van der Waals surface area contributed by atoms with Crippen molar-refractivity contribution < 1.29 is 27.8 Å². The van der Waals surface area contributed by atoms with Crippen LogP contribution in [-0.4, -0.2) is 25.8 Å². The molecule has 164 valence electrons. The Bertz CT molecular complexity index is 1430. The van der Waals surface area contributed by atoms with Crippen LogP contribution < -0.4 is 20.7 Å². The van der Waals surface area contributed by atoms with Crippen molar-refractivity contribution in [2.24, 2.45) is 0 Å². The summed E-state index contributed by atoms with van der Waals surface area (Å²) in [5.74, 6) is 0.231. The molecule has 0 aliphatic rings. The molecule has 0 aliphatic carbocycles. The monoisotopic (exact) mass is 436 g/mol. The Hall–Kier alpha value is -4.07. The summed E-state index contributed by atoms with van der Waals surface area (Å²) in [4.78, 5) is 36.7. The quantitative estimate of drug-likeness (QED) is 0.331. The first-order valence-electron chi connectivity index (χ1n) is 9.87. The molecule has 0 atom stereocenters. The number of benzene rings is 2. The summed E-state index contributed by atoms with van der Waals surface area (Å²) in [7, 11) is 1.49. The van der Waals surface area contributed by atoms with Crippen molar-refractivity contribution in [3.63, 3.8) is 0 Å². The fourth-order valence-corrected chi connectivity index (χ4v) is 3.36. The van der Waals surface area contributed by atoms with Crippen molar-refractivity contribution in [1.82, 2.24) is 0 Å². The van der Waals surface area contributed by atoms with Gasteiger partial charge in [0.2, 0.25) is 0 Å². The van der Waals surface area contributed by atoms with Crippen LogP contribution in [0.15, 0.2) is 67.0 Å². The highest BCUT2D eigenvalue weighted by molar-refractivity contribution is 5.96. The molecule has 0 aliphatic heterocycles. The first kappa shape index (κ1) is 21.2. The van der Waals surface area contributed by atoms with Crippen LogP contribution in [-0.2, 0) is 9.53 Å². The van der Waals surface area contributed by atoms with Gasteiger partial charge in [-0.05, 0) is 38.1 Å². The van der Waals surface area contributed by atoms with Gasteiger partial charge in [-0.2, -0.15) is 0 Å². The van der Waals surface area contributed by atoms with Gasteiger partial charge in [-0.1, -0.05) is 12.1 Å². The third-order valence-corrected chi connectivity index (χ3v) is 4.67. The summed E-state index contributed by atoms with van der Waals surface area (Å²) in [5.41, 5.74) is -0.176. The van der Waals surface area contributed by atoms with Crippen LogP contribution in [0.2, 0.25) is 0 Å². The second-order valence-electron chi connectivity index (χ2n) is 7.29. The van der Waals surface area contributed by atoms with E-state index in [1.54, 1.807) is 50.2 Å². The summed E-state index contributed by atoms with van der Waals surface area (Å²) >= 11 is 0. The lowest BCUT2D eigenvalue weighted by Crippen LogP contribution is -2.18. The highest BCUT2D eigenvalue weighted by Crippen LogP contribution is 2.31. The van der Waals surface area contributed by atoms with Gasteiger partial charge >= 0.3 is 17.2 Å². The molecule has 4 aromatic rings. The summed E-state index contributed by atoms with van der Waals surface area (Å²) in [5, 5.41) is 1.15. The number of fused-ring (bicyclic) bond motifs is 2. The largest absolute Gasteiger partial charge is 0.493 e. The third kappa shape index (κ3) is 4.20. The minimum Gasteiger partial charge on any atom is -0.493 e. The second-order valence-corrected chi connectivity index (χ2v) is 7.29. The number of hydrogen-bond donors (Lipinski definition) is 0. The van der Waals surface area contributed by atoms with Crippen molar-refractivity contribution in [1.29, 1.82) is 0 Å². The van der Waals surface area contributed by atoms with Crippen LogP contribution in [0.25, 0.3) is 33.1 Å². The van der Waals surface area contributed by atoms with Gasteiger partial charge in [0.1, 0.15) is 11.3 Å². The van der Waals surface area contributed by atoms with Crippen LogP contribution in [0.4, 0.5) is 0 Å². The molecular formula is C24H20O8. The molecule has 32 heavy (non-hydrogen) atoms. The molecule has 2 aromatic heterocycles. The predicted octanol–water partition coefficient (Wildman–Crippen LogP) is 3.91. The number of methoxy groups -OCH3 is 1. The molecule has 0 unspecified atom stereocenters. The molecule has 2 aromatic carbocycles. The van der Waals surface area contributed by atoms with Crippen molar-refractivity contribution >= 4 is 27.9 Å². The van der Waals surface area contributed by atoms with E-state index in [4.69, 9.17) is 23.0 Å². The first-order chi connectivity index (χ1) is 15.4. The number of hydrogen-bond acceptors (Lipinski definition) is 8. The Morgan fingerprint density at radius 3 is 2.56 bits per heavy atom. The van der Waals surface area contributed by atoms with Crippen molar-refractivity contribution in [2.45, 2.75) is 20.0 Å². The number of ether oxygens (including phenoxy) is 3. The third-order valence-electron chi connectivity index (χ3n) is 4.67. The minimum atomic E-state index is -0.644. The van der Waals surface area contributed by atoms with Crippen molar-refractivity contribution in [2.75, 3.05) is 13.7 Å². The molecule has 0 fully saturated rings. The number of para-hydroxylation sites is 1. The SMILES string of the molecule is COc1cccc2cc(-c3cc(=O)oc4cc(OCC(=O)OC(C)C)ccc34)c(=O)oc12. The normalized spacial score (nSPS) is 11.1. The van der Waals surface area contributed by atoms with Crippen molar-refractivity contribution in [3.05, 3.63) is 69.4 Å². The molecule has 0 spiro atoms. The molecule has 0 radical (unpaired) electrons. The van der Waals surface area contributed by atoms with Gasteiger partial charge in [0.25, 0.3) is 0 Å². The predicted molar refractivity (Wildman–Crippen MR) is 117 cm³/mol. The summed E-state index contributed by atoms with van der Waals surface area (Å²) in [6, 6.07) is 12.9. The molecular weight excluding hydrogens is 416 g/mol. The van der Waals surface area contributed by atoms with E-state index in [1.807, 2.05) is 0 Å². The van der Waals surface area contributed by atoms with E-state index in [1.165, 1.54) is 19.2 Å². The van der Waals surface area contributed by atoms with Crippen LogP contribution in [0.5, 0.6) is 11.5 Å². The lowest BCUT2D eigenvalue weighted by molar-refractivity contribution is -0.149. The maximum absolute atomic E-state index is 12.8. The molecule has 4 rings (SSSR count). The standard InChI is InChI=1S/C24H20O8/c1-13(2)30-22(26)12-29-15-7-8-16-17(11-21(25)31-20(16)10-15)18-9-14-5-4-6-19(28-3)23(14)32-24(18)27/h4-11,13H,12H2,1-3H3. The van der Waals surface area contributed by atoms with Crippen LogP contribution in [0.3, 0.4) is 0 Å². The molecule has 0 saturated heterocycles. The Morgan fingerprint density at radius 2 is 1.81 bits per heavy atom. The van der Waals surface area contributed by atoms with E-state index in [0.717, 1.165) is 0 Å². The molecule has 0 N–H and O–H groups in total.